The Bertz CT molecular complexity index is 1130. The molecule has 0 fully saturated rings. The lowest BCUT2D eigenvalue weighted by atomic mass is 10.0. The number of aromatic nitrogens is 2. The summed E-state index contributed by atoms with van der Waals surface area (Å²) in [4.78, 5) is 18.8. The maximum Gasteiger partial charge on any atom is 0.252 e. The van der Waals surface area contributed by atoms with Crippen molar-refractivity contribution in [1.82, 2.24) is 9.97 Å². The molecule has 2 aromatic carbocycles. The summed E-state index contributed by atoms with van der Waals surface area (Å²) in [6.07, 6.45) is 0. The highest BCUT2D eigenvalue weighted by atomic mass is 127. The molecule has 2 aromatic heterocycles. The first-order valence-electron chi connectivity index (χ1n) is 7.14. The van der Waals surface area contributed by atoms with Gasteiger partial charge in [0.25, 0.3) is 5.56 Å². The minimum Gasteiger partial charge on any atom is -0.353 e. The van der Waals surface area contributed by atoms with Gasteiger partial charge in [0.15, 0.2) is 0 Å². The molecule has 0 amide bonds. The van der Waals surface area contributed by atoms with Gasteiger partial charge in [-0.3, -0.25) is 4.79 Å². The van der Waals surface area contributed by atoms with Gasteiger partial charge in [0.2, 0.25) is 0 Å². The molecule has 2 heterocycles. The molecule has 4 rings (SSSR count). The molecule has 0 bridgehead atoms. The third-order valence-corrected chi connectivity index (χ3v) is 4.98. The highest BCUT2D eigenvalue weighted by molar-refractivity contribution is 14.1. The molecule has 4 aromatic rings. The van der Waals surface area contributed by atoms with Crippen LogP contribution in [0.4, 0.5) is 0 Å². The van der Waals surface area contributed by atoms with Crippen LogP contribution in [0.15, 0.2) is 47.3 Å². The molecule has 0 spiro atoms. The summed E-state index contributed by atoms with van der Waals surface area (Å²) in [6.45, 7) is 1.85. The molecule has 0 radical (unpaired) electrons. The first-order chi connectivity index (χ1) is 11.0. The number of nitrogens with one attached hydrogen (secondary N) is 2. The summed E-state index contributed by atoms with van der Waals surface area (Å²) in [5, 5.41) is 1.58. The summed E-state index contributed by atoms with van der Waals surface area (Å²) in [6, 6.07) is 13.8. The summed E-state index contributed by atoms with van der Waals surface area (Å²) >= 11 is 8.40. The zero-order valence-electron chi connectivity index (χ0n) is 12.2. The van der Waals surface area contributed by atoms with Crippen LogP contribution >= 0.6 is 34.2 Å². The van der Waals surface area contributed by atoms with Crippen molar-refractivity contribution < 1.29 is 0 Å². The Kier molecular flexibility index (Phi) is 3.46. The predicted molar refractivity (Wildman–Crippen MR) is 104 cm³/mol. The molecule has 0 aliphatic heterocycles. The Balaban J connectivity index is 2.20. The molecule has 23 heavy (non-hydrogen) atoms. The number of halogens is 2. The van der Waals surface area contributed by atoms with Gasteiger partial charge in [0.05, 0.1) is 11.0 Å². The molecular weight excluding hydrogens is 423 g/mol. The maximum atomic E-state index is 12.4. The lowest BCUT2D eigenvalue weighted by Gasteiger charge is -2.08. The lowest BCUT2D eigenvalue weighted by Crippen LogP contribution is -2.10. The van der Waals surface area contributed by atoms with E-state index >= 15 is 0 Å². The fraction of sp³-hybridized carbons (Fsp3) is 0.0556. The van der Waals surface area contributed by atoms with E-state index in [9.17, 15) is 4.79 Å². The van der Waals surface area contributed by atoms with Gasteiger partial charge >= 0.3 is 0 Å². The fourth-order valence-electron chi connectivity index (χ4n) is 2.99. The van der Waals surface area contributed by atoms with Crippen LogP contribution in [0.5, 0.6) is 0 Å². The van der Waals surface area contributed by atoms with E-state index in [0.29, 0.717) is 10.6 Å². The lowest BCUT2D eigenvalue weighted by molar-refractivity contribution is 1.24. The van der Waals surface area contributed by atoms with Gasteiger partial charge in [-0.15, -0.1) is 0 Å². The van der Waals surface area contributed by atoms with Gasteiger partial charge in [-0.05, 0) is 65.4 Å². The largest absolute Gasteiger partial charge is 0.353 e. The van der Waals surface area contributed by atoms with Crippen LogP contribution in [0.3, 0.4) is 0 Å². The van der Waals surface area contributed by atoms with Crippen molar-refractivity contribution >= 4 is 56.1 Å². The molecule has 0 saturated carbocycles. The Morgan fingerprint density at radius 3 is 2.65 bits per heavy atom. The number of rotatable bonds is 1. The first-order valence-corrected chi connectivity index (χ1v) is 8.60. The molecule has 0 atom stereocenters. The third-order valence-electron chi connectivity index (χ3n) is 4.08. The normalized spacial score (nSPS) is 11.4. The summed E-state index contributed by atoms with van der Waals surface area (Å²) in [5.41, 5.74) is 5.29. The average Bonchev–Trinajstić information content (AvgIpc) is 2.86. The van der Waals surface area contributed by atoms with Crippen molar-refractivity contribution in [3.8, 4) is 11.1 Å². The van der Waals surface area contributed by atoms with Crippen molar-refractivity contribution in [1.29, 1.82) is 0 Å². The van der Waals surface area contributed by atoms with Crippen LogP contribution < -0.4 is 5.56 Å². The van der Waals surface area contributed by atoms with E-state index < -0.39 is 0 Å². The van der Waals surface area contributed by atoms with Crippen molar-refractivity contribution in [3.63, 3.8) is 0 Å². The van der Waals surface area contributed by atoms with E-state index in [2.05, 4.69) is 38.6 Å². The monoisotopic (exact) mass is 434 g/mol. The number of benzene rings is 2. The topological polar surface area (TPSA) is 48.6 Å². The Morgan fingerprint density at radius 1 is 1.04 bits per heavy atom. The van der Waals surface area contributed by atoms with Gasteiger partial charge in [-0.1, -0.05) is 23.7 Å². The van der Waals surface area contributed by atoms with E-state index in [1.54, 1.807) is 0 Å². The third kappa shape index (κ3) is 2.37. The number of hydrogen-bond donors (Lipinski definition) is 2. The van der Waals surface area contributed by atoms with Crippen LogP contribution in [0, 0.1) is 10.5 Å². The van der Waals surface area contributed by atoms with Crippen LogP contribution in [0.2, 0.25) is 5.02 Å². The van der Waals surface area contributed by atoms with Gasteiger partial charge in [-0.2, -0.15) is 0 Å². The van der Waals surface area contributed by atoms with Gasteiger partial charge in [-0.25, -0.2) is 0 Å². The molecule has 0 aliphatic rings. The predicted octanol–water partition coefficient (Wildman–Crippen LogP) is 5.24. The highest BCUT2D eigenvalue weighted by Crippen LogP contribution is 2.34. The minimum atomic E-state index is -0.0766. The summed E-state index contributed by atoms with van der Waals surface area (Å²) < 4.78 is 1.13. The van der Waals surface area contributed by atoms with Crippen LogP contribution in [-0.4, -0.2) is 9.97 Å². The van der Waals surface area contributed by atoms with Gasteiger partial charge in [0, 0.05) is 30.6 Å². The summed E-state index contributed by atoms with van der Waals surface area (Å²) in [7, 11) is 0. The number of fused-ring (bicyclic) bond motifs is 3. The highest BCUT2D eigenvalue weighted by Gasteiger charge is 2.15. The van der Waals surface area contributed by atoms with Crippen molar-refractivity contribution in [3.05, 3.63) is 67.0 Å². The number of H-pyrrole nitrogens is 2. The Hall–Kier alpha value is -1.79. The molecule has 5 heteroatoms. The van der Waals surface area contributed by atoms with E-state index in [-0.39, 0.29) is 5.56 Å². The first kappa shape index (κ1) is 14.8. The second-order valence-electron chi connectivity index (χ2n) is 5.53. The molecule has 3 nitrogen and oxygen atoms in total. The number of aromatic amines is 2. The standard InChI is InChI=1S/C18H12ClIN2O/c1-9-15(10-3-2-4-12(20)7-10)17-16(22-18(9)23)13-8-11(19)5-6-14(13)21-17/h2-8,21H,1H3,(H,22,23). The molecule has 0 saturated heterocycles. The van der Waals surface area contributed by atoms with E-state index in [4.69, 9.17) is 11.6 Å². The van der Waals surface area contributed by atoms with Crippen LogP contribution in [-0.2, 0) is 0 Å². The van der Waals surface area contributed by atoms with Gasteiger partial charge < -0.3 is 9.97 Å². The Morgan fingerprint density at radius 2 is 1.87 bits per heavy atom. The number of pyridine rings is 1. The van der Waals surface area contributed by atoms with Crippen LogP contribution in [0.1, 0.15) is 5.56 Å². The number of hydrogen-bond acceptors (Lipinski definition) is 1. The van der Waals surface area contributed by atoms with Crippen molar-refractivity contribution in [2.75, 3.05) is 0 Å². The zero-order chi connectivity index (χ0) is 16.1. The van der Waals surface area contributed by atoms with Crippen molar-refractivity contribution in [2.24, 2.45) is 0 Å². The second-order valence-corrected chi connectivity index (χ2v) is 7.21. The van der Waals surface area contributed by atoms with Crippen molar-refractivity contribution in [2.45, 2.75) is 6.92 Å². The van der Waals surface area contributed by atoms with E-state index in [0.717, 1.165) is 36.6 Å². The second kappa shape index (κ2) is 5.39. The smallest absolute Gasteiger partial charge is 0.252 e. The fourth-order valence-corrected chi connectivity index (χ4v) is 3.71. The zero-order valence-corrected chi connectivity index (χ0v) is 15.1. The summed E-state index contributed by atoms with van der Waals surface area (Å²) in [5.74, 6) is 0. The van der Waals surface area contributed by atoms with E-state index in [1.807, 2.05) is 43.3 Å². The average molecular weight is 435 g/mol. The molecule has 0 unspecified atom stereocenters. The SMILES string of the molecule is Cc1c(-c2cccc(I)c2)c2[nH]c3ccc(Cl)cc3c2[nH]c1=O. The van der Waals surface area contributed by atoms with E-state index in [1.165, 1.54) is 0 Å². The molecule has 114 valence electrons. The van der Waals surface area contributed by atoms with Crippen LogP contribution in [0.25, 0.3) is 33.1 Å². The quantitative estimate of drug-likeness (QED) is 0.395. The molecular formula is C18H12ClIN2O. The Labute approximate surface area is 150 Å². The molecule has 0 aliphatic carbocycles. The maximum absolute atomic E-state index is 12.4. The molecule has 2 N–H and O–H groups in total. The van der Waals surface area contributed by atoms with Gasteiger partial charge in [0.1, 0.15) is 0 Å². The minimum absolute atomic E-state index is 0.0766.